The first-order valence-electron chi connectivity index (χ1n) is 19.2. The van der Waals surface area contributed by atoms with Gasteiger partial charge in [0.05, 0.1) is 0 Å². The van der Waals surface area contributed by atoms with E-state index < -0.39 is 0 Å². The third kappa shape index (κ3) is 5.95. The fourth-order valence-corrected chi connectivity index (χ4v) is 9.31. The lowest BCUT2D eigenvalue weighted by atomic mass is 9.93. The van der Waals surface area contributed by atoms with Gasteiger partial charge in [0.2, 0.25) is 0 Å². The molecule has 0 radical (unpaired) electrons. The summed E-state index contributed by atoms with van der Waals surface area (Å²) in [5.74, 6) is 1.93. The molecule has 57 heavy (non-hydrogen) atoms. The Labute approximate surface area is 334 Å². The third-order valence-corrected chi connectivity index (χ3v) is 12.2. The van der Waals surface area contributed by atoms with Crippen LogP contribution >= 0.6 is 11.3 Å². The van der Waals surface area contributed by atoms with Gasteiger partial charge in [-0.3, -0.25) is 0 Å². The van der Waals surface area contributed by atoms with Crippen molar-refractivity contribution in [3.8, 4) is 67.5 Å². The van der Waals surface area contributed by atoms with Gasteiger partial charge in [0.1, 0.15) is 0 Å². The highest BCUT2D eigenvalue weighted by Crippen LogP contribution is 2.40. The van der Waals surface area contributed by atoms with Crippen molar-refractivity contribution in [2.75, 3.05) is 0 Å². The number of fused-ring (bicyclic) bond motifs is 6. The average Bonchev–Trinajstić information content (AvgIpc) is 3.68. The van der Waals surface area contributed by atoms with Gasteiger partial charge in [-0.1, -0.05) is 188 Å². The number of hydrogen-bond acceptors (Lipinski definition) is 4. The molecular formula is C53H33N3S. The van der Waals surface area contributed by atoms with Gasteiger partial charge >= 0.3 is 0 Å². The molecule has 0 aliphatic rings. The van der Waals surface area contributed by atoms with Crippen LogP contribution in [0, 0.1) is 0 Å². The average molecular weight is 744 g/mol. The van der Waals surface area contributed by atoms with E-state index in [2.05, 4.69) is 170 Å². The second kappa shape index (κ2) is 13.8. The molecule has 2 heterocycles. The lowest BCUT2D eigenvalue weighted by Crippen LogP contribution is -2.00. The Bertz CT molecular complexity index is 3260. The highest BCUT2D eigenvalue weighted by Gasteiger charge is 2.15. The molecule has 0 saturated heterocycles. The zero-order valence-electron chi connectivity index (χ0n) is 30.8. The summed E-state index contributed by atoms with van der Waals surface area (Å²) in [6.45, 7) is 0. The molecule has 0 saturated carbocycles. The minimum Gasteiger partial charge on any atom is -0.208 e. The lowest BCUT2D eigenvalue weighted by Gasteiger charge is -2.12. The zero-order chi connectivity index (χ0) is 37.7. The van der Waals surface area contributed by atoms with E-state index in [0.717, 1.165) is 33.4 Å². The summed E-state index contributed by atoms with van der Waals surface area (Å²) in [5.41, 5.74) is 9.97. The summed E-state index contributed by atoms with van der Waals surface area (Å²) in [6.07, 6.45) is 0. The maximum atomic E-state index is 5.06. The van der Waals surface area contributed by atoms with Crippen LogP contribution in [0.25, 0.3) is 109 Å². The van der Waals surface area contributed by atoms with Gasteiger partial charge in [0.25, 0.3) is 0 Å². The van der Waals surface area contributed by atoms with Crippen LogP contribution in [-0.2, 0) is 0 Å². The largest absolute Gasteiger partial charge is 0.208 e. The molecule has 0 fully saturated rings. The molecular weight excluding hydrogens is 711 g/mol. The SMILES string of the molecule is c1ccc(-c2nc(-c3ccc(-c4ccc(-c5cccc6c5sc5ccccc56)cc4)cc3)nc(-c3ccc(-c4cc5ccccc5c5ccccc45)cc3)n2)cc1. The van der Waals surface area contributed by atoms with Crippen molar-refractivity contribution in [3.63, 3.8) is 0 Å². The minimum atomic E-state index is 0.641. The predicted octanol–water partition coefficient (Wildman–Crippen LogP) is 14.5. The summed E-state index contributed by atoms with van der Waals surface area (Å²) in [4.78, 5) is 15.1. The van der Waals surface area contributed by atoms with Crippen molar-refractivity contribution in [3.05, 3.63) is 200 Å². The van der Waals surface area contributed by atoms with E-state index in [9.17, 15) is 0 Å². The van der Waals surface area contributed by atoms with E-state index in [1.54, 1.807) is 0 Å². The second-order valence-corrected chi connectivity index (χ2v) is 15.4. The van der Waals surface area contributed by atoms with Crippen LogP contribution in [0.1, 0.15) is 0 Å². The van der Waals surface area contributed by atoms with Gasteiger partial charge < -0.3 is 0 Å². The molecule has 0 unspecified atom stereocenters. The number of thiophene rings is 1. The monoisotopic (exact) mass is 743 g/mol. The van der Waals surface area contributed by atoms with E-state index in [4.69, 9.17) is 15.0 Å². The first-order valence-corrected chi connectivity index (χ1v) is 20.0. The molecule has 11 rings (SSSR count). The Balaban J connectivity index is 0.925. The highest BCUT2D eigenvalue weighted by molar-refractivity contribution is 7.26. The molecule has 0 aliphatic carbocycles. The number of aromatic nitrogens is 3. The van der Waals surface area contributed by atoms with Gasteiger partial charge in [-0.25, -0.2) is 15.0 Å². The molecule has 11 aromatic rings. The van der Waals surface area contributed by atoms with E-state index in [1.165, 1.54) is 58.4 Å². The standard InChI is InChI=1S/C53H33N3S/c1-2-11-38(12-3-1)51-54-52(56-53(55-51)40-31-27-37(28-32-40)48-33-41-13-4-5-14-42(41)44-15-6-7-16-45(44)48)39-29-23-35(24-30-39)34-21-25-36(26-22-34)43-18-10-19-47-46-17-8-9-20-49(46)57-50(43)47/h1-33H. The number of hydrogen-bond donors (Lipinski definition) is 0. The Hall–Kier alpha value is -7.27. The topological polar surface area (TPSA) is 38.7 Å². The maximum absolute atomic E-state index is 5.06. The highest BCUT2D eigenvalue weighted by atomic mass is 32.1. The molecule has 4 heteroatoms. The number of nitrogens with zero attached hydrogens (tertiary/aromatic N) is 3. The van der Waals surface area contributed by atoms with Crippen molar-refractivity contribution >= 4 is 53.1 Å². The third-order valence-electron chi connectivity index (χ3n) is 11.0. The summed E-state index contributed by atoms with van der Waals surface area (Å²) >= 11 is 1.87. The van der Waals surface area contributed by atoms with Gasteiger partial charge in [-0.05, 0) is 67.1 Å². The van der Waals surface area contributed by atoms with Gasteiger partial charge in [-0.2, -0.15) is 0 Å². The quantitative estimate of drug-likeness (QED) is 0.159. The van der Waals surface area contributed by atoms with Crippen LogP contribution in [0.4, 0.5) is 0 Å². The van der Waals surface area contributed by atoms with Crippen molar-refractivity contribution in [2.45, 2.75) is 0 Å². The molecule has 2 aromatic heterocycles. The van der Waals surface area contributed by atoms with Gasteiger partial charge in [0.15, 0.2) is 17.5 Å². The van der Waals surface area contributed by atoms with Crippen LogP contribution in [-0.4, -0.2) is 15.0 Å². The van der Waals surface area contributed by atoms with Crippen molar-refractivity contribution in [2.24, 2.45) is 0 Å². The molecule has 0 aliphatic heterocycles. The van der Waals surface area contributed by atoms with Crippen LogP contribution < -0.4 is 0 Å². The summed E-state index contributed by atoms with van der Waals surface area (Å²) < 4.78 is 2.65. The molecule has 0 amide bonds. The van der Waals surface area contributed by atoms with E-state index in [-0.39, 0.29) is 0 Å². The molecule has 3 nitrogen and oxygen atoms in total. The first kappa shape index (κ1) is 33.1. The van der Waals surface area contributed by atoms with Crippen LogP contribution in [0.5, 0.6) is 0 Å². The van der Waals surface area contributed by atoms with Crippen molar-refractivity contribution in [1.82, 2.24) is 15.0 Å². The van der Waals surface area contributed by atoms with E-state index in [0.29, 0.717) is 17.5 Å². The Kier molecular flexibility index (Phi) is 8.01. The molecule has 9 aromatic carbocycles. The lowest BCUT2D eigenvalue weighted by molar-refractivity contribution is 1.07. The van der Waals surface area contributed by atoms with E-state index >= 15 is 0 Å². The smallest absolute Gasteiger partial charge is 0.164 e. The Morgan fingerprint density at radius 1 is 0.281 bits per heavy atom. The molecule has 0 N–H and O–H groups in total. The Morgan fingerprint density at radius 3 is 1.39 bits per heavy atom. The zero-order valence-corrected chi connectivity index (χ0v) is 31.6. The fourth-order valence-electron chi connectivity index (χ4n) is 8.07. The molecule has 266 valence electrons. The first-order chi connectivity index (χ1) is 28.2. The van der Waals surface area contributed by atoms with Crippen LogP contribution in [0.15, 0.2) is 200 Å². The van der Waals surface area contributed by atoms with Crippen LogP contribution in [0.2, 0.25) is 0 Å². The predicted molar refractivity (Wildman–Crippen MR) is 240 cm³/mol. The number of benzene rings is 9. The fraction of sp³-hybridized carbons (Fsp3) is 0. The summed E-state index contributed by atoms with van der Waals surface area (Å²) in [7, 11) is 0. The molecule has 0 bridgehead atoms. The van der Waals surface area contributed by atoms with Crippen molar-refractivity contribution in [1.29, 1.82) is 0 Å². The summed E-state index contributed by atoms with van der Waals surface area (Å²) in [6, 6.07) is 71.1. The van der Waals surface area contributed by atoms with Crippen molar-refractivity contribution < 1.29 is 0 Å². The second-order valence-electron chi connectivity index (χ2n) is 14.4. The minimum absolute atomic E-state index is 0.641. The van der Waals surface area contributed by atoms with Gasteiger partial charge in [0, 0.05) is 36.9 Å². The Morgan fingerprint density at radius 2 is 0.737 bits per heavy atom. The van der Waals surface area contributed by atoms with Crippen LogP contribution in [0.3, 0.4) is 0 Å². The normalized spacial score (nSPS) is 11.5. The molecule has 0 atom stereocenters. The van der Waals surface area contributed by atoms with Gasteiger partial charge in [-0.15, -0.1) is 11.3 Å². The molecule has 0 spiro atoms. The summed E-state index contributed by atoms with van der Waals surface area (Å²) in [5, 5.41) is 7.63. The maximum Gasteiger partial charge on any atom is 0.164 e. The number of rotatable bonds is 6. The van der Waals surface area contributed by atoms with E-state index in [1.807, 2.05) is 41.7 Å².